The quantitative estimate of drug-likeness (QED) is 0.616. The number of thiocarbonyl (C=S) groups is 1. The minimum absolute atomic E-state index is 0.303. The maximum atomic E-state index is 5.35. The molecule has 0 amide bonds. The van der Waals surface area contributed by atoms with Crippen LogP contribution in [0.15, 0.2) is 18.2 Å². The van der Waals surface area contributed by atoms with Gasteiger partial charge in [-0.15, -0.1) is 0 Å². The second kappa shape index (κ2) is 4.04. The molecule has 1 aromatic rings. The van der Waals surface area contributed by atoms with Crippen LogP contribution in [0.4, 0.5) is 5.69 Å². The average Bonchev–Trinajstić information content (AvgIpc) is 1.94. The molecule has 0 saturated carbocycles. The predicted molar refractivity (Wildman–Crippen MR) is 64.3 cm³/mol. The Bertz CT molecular complexity index is 312. The highest BCUT2D eigenvalue weighted by Gasteiger charge is 1.98. The van der Waals surface area contributed by atoms with Crippen LogP contribution >= 0.6 is 34.8 Å². The van der Waals surface area contributed by atoms with Gasteiger partial charge in [0, 0.05) is 3.57 Å². The van der Waals surface area contributed by atoms with Crippen LogP contribution in [0.5, 0.6) is 0 Å². The number of nitrogens with two attached hydrogens (primary N) is 1. The van der Waals surface area contributed by atoms with Crippen molar-refractivity contribution in [2.45, 2.75) is 6.92 Å². The highest BCUT2D eigenvalue weighted by atomic mass is 127. The van der Waals surface area contributed by atoms with Gasteiger partial charge in [-0.3, -0.25) is 0 Å². The molecule has 4 heteroatoms. The highest BCUT2D eigenvalue weighted by Crippen LogP contribution is 2.18. The van der Waals surface area contributed by atoms with E-state index in [9.17, 15) is 0 Å². The van der Waals surface area contributed by atoms with Crippen molar-refractivity contribution in [2.75, 3.05) is 5.32 Å². The summed E-state index contributed by atoms with van der Waals surface area (Å²) in [5, 5.41) is 3.20. The van der Waals surface area contributed by atoms with Gasteiger partial charge >= 0.3 is 0 Å². The van der Waals surface area contributed by atoms with Crippen LogP contribution in [-0.4, -0.2) is 5.11 Å². The minimum Gasteiger partial charge on any atom is -0.376 e. The van der Waals surface area contributed by atoms with E-state index in [1.807, 2.05) is 19.1 Å². The first kappa shape index (κ1) is 9.73. The number of rotatable bonds is 1. The van der Waals surface area contributed by atoms with Gasteiger partial charge in [0.1, 0.15) is 0 Å². The normalized spacial score (nSPS) is 9.50. The van der Waals surface area contributed by atoms with E-state index in [1.165, 1.54) is 5.56 Å². The topological polar surface area (TPSA) is 38.0 Å². The molecule has 12 heavy (non-hydrogen) atoms. The molecule has 2 nitrogen and oxygen atoms in total. The number of benzene rings is 1. The lowest BCUT2D eigenvalue weighted by Crippen LogP contribution is -2.19. The summed E-state index contributed by atoms with van der Waals surface area (Å²) >= 11 is 6.98. The van der Waals surface area contributed by atoms with Gasteiger partial charge < -0.3 is 11.1 Å². The molecule has 3 N–H and O–H groups in total. The van der Waals surface area contributed by atoms with E-state index in [2.05, 4.69) is 34.0 Å². The Morgan fingerprint density at radius 2 is 2.25 bits per heavy atom. The van der Waals surface area contributed by atoms with Crippen molar-refractivity contribution in [3.8, 4) is 0 Å². The zero-order chi connectivity index (χ0) is 9.14. The summed E-state index contributed by atoms with van der Waals surface area (Å²) in [7, 11) is 0. The number of anilines is 1. The van der Waals surface area contributed by atoms with Gasteiger partial charge in [-0.05, 0) is 59.4 Å². The average molecular weight is 292 g/mol. The number of hydrogen-bond donors (Lipinski definition) is 2. The Labute approximate surface area is 90.7 Å². The molecule has 0 unspecified atom stereocenters. The van der Waals surface area contributed by atoms with Crippen LogP contribution in [0.3, 0.4) is 0 Å². The fourth-order valence-electron chi connectivity index (χ4n) is 0.854. The third kappa shape index (κ3) is 2.60. The first-order chi connectivity index (χ1) is 5.59. The third-order valence-electron chi connectivity index (χ3n) is 1.38. The van der Waals surface area contributed by atoms with E-state index < -0.39 is 0 Å². The SMILES string of the molecule is Cc1ccc(NC(N)=S)c(I)c1. The Kier molecular flexibility index (Phi) is 3.28. The first-order valence-electron chi connectivity index (χ1n) is 3.42. The molecule has 0 fully saturated rings. The van der Waals surface area contributed by atoms with Gasteiger partial charge in [0.05, 0.1) is 5.69 Å². The van der Waals surface area contributed by atoms with Crippen molar-refractivity contribution in [1.29, 1.82) is 0 Å². The van der Waals surface area contributed by atoms with Crippen molar-refractivity contribution in [3.63, 3.8) is 0 Å². The van der Waals surface area contributed by atoms with Crippen LogP contribution in [0.1, 0.15) is 5.56 Å². The molecule has 0 aliphatic heterocycles. The van der Waals surface area contributed by atoms with E-state index in [4.69, 9.17) is 18.0 Å². The van der Waals surface area contributed by atoms with Crippen LogP contribution in [-0.2, 0) is 0 Å². The Hall–Kier alpha value is -0.360. The Morgan fingerprint density at radius 3 is 2.75 bits per heavy atom. The molecule has 0 aromatic heterocycles. The van der Waals surface area contributed by atoms with Gasteiger partial charge in [-0.1, -0.05) is 6.07 Å². The number of aryl methyl sites for hydroxylation is 1. The standard InChI is InChI=1S/C8H9IN2S/c1-5-2-3-7(6(9)4-5)11-8(10)12/h2-4H,1H3,(H3,10,11,12). The monoisotopic (exact) mass is 292 g/mol. The van der Waals surface area contributed by atoms with Gasteiger partial charge in [0.25, 0.3) is 0 Å². The number of nitrogens with one attached hydrogen (secondary N) is 1. The van der Waals surface area contributed by atoms with E-state index in [0.717, 1.165) is 9.26 Å². The summed E-state index contributed by atoms with van der Waals surface area (Å²) in [6.45, 7) is 2.05. The van der Waals surface area contributed by atoms with Gasteiger partial charge in [-0.2, -0.15) is 0 Å². The lowest BCUT2D eigenvalue weighted by Gasteiger charge is -2.06. The second-order valence-electron chi connectivity index (χ2n) is 2.47. The largest absolute Gasteiger partial charge is 0.376 e. The maximum Gasteiger partial charge on any atom is 0.168 e. The maximum absolute atomic E-state index is 5.35. The lowest BCUT2D eigenvalue weighted by molar-refractivity contribution is 1.44. The Morgan fingerprint density at radius 1 is 1.58 bits per heavy atom. The fourth-order valence-corrected chi connectivity index (χ4v) is 1.77. The summed E-state index contributed by atoms with van der Waals surface area (Å²) < 4.78 is 1.13. The van der Waals surface area contributed by atoms with E-state index in [0.29, 0.717) is 5.11 Å². The summed E-state index contributed by atoms with van der Waals surface area (Å²) in [6.07, 6.45) is 0. The minimum atomic E-state index is 0.303. The zero-order valence-corrected chi connectivity index (χ0v) is 9.57. The zero-order valence-electron chi connectivity index (χ0n) is 6.60. The first-order valence-corrected chi connectivity index (χ1v) is 4.91. The number of hydrogen-bond acceptors (Lipinski definition) is 1. The van der Waals surface area contributed by atoms with E-state index in [-0.39, 0.29) is 0 Å². The van der Waals surface area contributed by atoms with Crippen molar-refractivity contribution < 1.29 is 0 Å². The molecule has 64 valence electrons. The smallest absolute Gasteiger partial charge is 0.168 e. The molecule has 0 aliphatic carbocycles. The molecule has 0 saturated heterocycles. The van der Waals surface area contributed by atoms with Crippen molar-refractivity contribution in [1.82, 2.24) is 0 Å². The molecule has 0 spiro atoms. The summed E-state index contributed by atoms with van der Waals surface area (Å²) in [6, 6.07) is 6.06. The third-order valence-corrected chi connectivity index (χ3v) is 2.38. The van der Waals surface area contributed by atoms with Crippen molar-refractivity contribution in [3.05, 3.63) is 27.3 Å². The molecule has 0 heterocycles. The lowest BCUT2D eigenvalue weighted by atomic mass is 10.2. The van der Waals surface area contributed by atoms with E-state index in [1.54, 1.807) is 0 Å². The molecule has 0 atom stereocenters. The summed E-state index contributed by atoms with van der Waals surface area (Å²) in [5.74, 6) is 0. The molecule has 0 radical (unpaired) electrons. The number of halogens is 1. The van der Waals surface area contributed by atoms with Gasteiger partial charge in [0.15, 0.2) is 5.11 Å². The fraction of sp³-hybridized carbons (Fsp3) is 0.125. The molecular formula is C8H9IN2S. The summed E-state index contributed by atoms with van der Waals surface area (Å²) in [5.41, 5.74) is 7.54. The highest BCUT2D eigenvalue weighted by molar-refractivity contribution is 14.1. The molecular weight excluding hydrogens is 283 g/mol. The van der Waals surface area contributed by atoms with Gasteiger partial charge in [-0.25, -0.2) is 0 Å². The van der Waals surface area contributed by atoms with Crippen LogP contribution < -0.4 is 11.1 Å². The molecule has 1 rings (SSSR count). The predicted octanol–water partition coefficient (Wildman–Crippen LogP) is 2.26. The van der Waals surface area contributed by atoms with Crippen LogP contribution in [0.2, 0.25) is 0 Å². The van der Waals surface area contributed by atoms with Crippen LogP contribution in [0, 0.1) is 10.5 Å². The Balaban J connectivity index is 2.93. The van der Waals surface area contributed by atoms with Crippen molar-refractivity contribution >= 4 is 45.6 Å². The molecule has 1 aromatic carbocycles. The van der Waals surface area contributed by atoms with Gasteiger partial charge in [0.2, 0.25) is 0 Å². The molecule has 0 aliphatic rings. The molecule has 0 bridgehead atoms. The van der Waals surface area contributed by atoms with Crippen molar-refractivity contribution in [2.24, 2.45) is 5.73 Å². The second-order valence-corrected chi connectivity index (χ2v) is 4.07. The van der Waals surface area contributed by atoms with Crippen LogP contribution in [0.25, 0.3) is 0 Å². The van der Waals surface area contributed by atoms with E-state index >= 15 is 0 Å². The summed E-state index contributed by atoms with van der Waals surface area (Å²) in [4.78, 5) is 0.